The third-order valence-electron chi connectivity index (χ3n) is 4.35. The number of phenols is 1. The molecule has 0 aliphatic heterocycles. The van der Waals surface area contributed by atoms with Gasteiger partial charge in [-0.1, -0.05) is 41.9 Å². The Hall–Kier alpha value is -3.27. The van der Waals surface area contributed by atoms with Gasteiger partial charge in [-0.3, -0.25) is 4.79 Å². The number of nitrogens with zero attached hydrogens (tertiary/aromatic N) is 2. The van der Waals surface area contributed by atoms with Gasteiger partial charge in [0.15, 0.2) is 0 Å². The minimum absolute atomic E-state index is 0.0328. The third kappa shape index (κ3) is 6.13. The highest BCUT2D eigenvalue weighted by atomic mass is 35.5. The Morgan fingerprint density at radius 3 is 2.50 bits per heavy atom. The van der Waals surface area contributed by atoms with Crippen LogP contribution in [0.3, 0.4) is 0 Å². The molecule has 3 aromatic carbocycles. The number of hydrazone groups is 1. The van der Waals surface area contributed by atoms with Gasteiger partial charge in [-0.25, -0.2) is 18.2 Å². The smallest absolute Gasteiger partial charge is 0.255 e. The second-order valence-corrected chi connectivity index (χ2v) is 9.08. The molecule has 1 amide bonds. The van der Waals surface area contributed by atoms with Crippen molar-refractivity contribution in [3.05, 3.63) is 94.8 Å². The van der Waals surface area contributed by atoms with Crippen LogP contribution in [-0.2, 0) is 21.4 Å². The first-order chi connectivity index (χ1) is 15.3. The van der Waals surface area contributed by atoms with E-state index in [1.807, 2.05) is 0 Å². The summed E-state index contributed by atoms with van der Waals surface area (Å²) in [6.45, 7) is -0.960. The fraction of sp³-hybridized carbons (Fsp3) is 0.0909. The number of hydrogen-bond donors (Lipinski definition) is 2. The molecule has 0 bridgehead atoms. The third-order valence-corrected chi connectivity index (χ3v) is 6.41. The topological polar surface area (TPSA) is 99.1 Å². The highest BCUT2D eigenvalue weighted by Gasteiger charge is 2.27. The van der Waals surface area contributed by atoms with Crippen molar-refractivity contribution in [1.29, 1.82) is 0 Å². The van der Waals surface area contributed by atoms with Gasteiger partial charge in [-0.2, -0.15) is 9.41 Å². The summed E-state index contributed by atoms with van der Waals surface area (Å²) in [4.78, 5) is 12.3. The van der Waals surface area contributed by atoms with Crippen LogP contribution in [0, 0.1) is 5.82 Å². The zero-order chi connectivity index (χ0) is 23.1. The molecule has 7 nitrogen and oxygen atoms in total. The van der Waals surface area contributed by atoms with Crippen molar-refractivity contribution < 1.29 is 22.7 Å². The molecule has 0 atom stereocenters. The van der Waals surface area contributed by atoms with Crippen LogP contribution in [-0.4, -0.2) is 36.5 Å². The molecule has 2 N–H and O–H groups in total. The number of carbonyl (C=O) groups is 1. The Kier molecular flexibility index (Phi) is 7.57. The first-order valence-electron chi connectivity index (χ1n) is 9.36. The van der Waals surface area contributed by atoms with Gasteiger partial charge in [-0.05, 0) is 48.0 Å². The maximum atomic E-state index is 14.2. The fourth-order valence-corrected chi connectivity index (χ4v) is 4.28. The van der Waals surface area contributed by atoms with Gasteiger partial charge >= 0.3 is 0 Å². The number of hydrogen-bond acceptors (Lipinski definition) is 5. The molecule has 0 unspecified atom stereocenters. The molecule has 32 heavy (non-hydrogen) atoms. The number of benzene rings is 3. The van der Waals surface area contributed by atoms with Crippen molar-refractivity contribution in [2.24, 2.45) is 5.10 Å². The van der Waals surface area contributed by atoms with Gasteiger partial charge < -0.3 is 5.11 Å². The summed E-state index contributed by atoms with van der Waals surface area (Å²) in [6.07, 6.45) is 1.30. The van der Waals surface area contributed by atoms with Gasteiger partial charge in [-0.15, -0.1) is 0 Å². The number of rotatable bonds is 8. The van der Waals surface area contributed by atoms with E-state index < -0.39 is 28.3 Å². The molecule has 0 saturated heterocycles. The minimum atomic E-state index is -4.15. The predicted octanol–water partition coefficient (Wildman–Crippen LogP) is 3.53. The van der Waals surface area contributed by atoms with E-state index in [1.54, 1.807) is 18.2 Å². The normalized spacial score (nSPS) is 11.7. The van der Waals surface area contributed by atoms with E-state index in [0.717, 1.165) is 4.31 Å². The van der Waals surface area contributed by atoms with Crippen LogP contribution in [0.2, 0.25) is 5.02 Å². The number of carbonyl (C=O) groups excluding carboxylic acids is 1. The highest BCUT2D eigenvalue weighted by Crippen LogP contribution is 2.21. The van der Waals surface area contributed by atoms with Crippen LogP contribution >= 0.6 is 11.6 Å². The van der Waals surface area contributed by atoms with E-state index in [2.05, 4.69) is 10.5 Å². The lowest BCUT2D eigenvalue weighted by atomic mass is 10.2. The van der Waals surface area contributed by atoms with Gasteiger partial charge in [0, 0.05) is 17.1 Å². The Balaban J connectivity index is 1.81. The first kappa shape index (κ1) is 23.4. The van der Waals surface area contributed by atoms with Crippen LogP contribution in [0.4, 0.5) is 4.39 Å². The Labute approximate surface area is 189 Å². The maximum absolute atomic E-state index is 14.2. The molecule has 3 rings (SSSR count). The number of nitrogens with one attached hydrogen (secondary N) is 1. The van der Waals surface area contributed by atoms with Crippen molar-refractivity contribution in [2.45, 2.75) is 11.4 Å². The molecule has 0 aromatic heterocycles. The van der Waals surface area contributed by atoms with E-state index in [1.165, 1.54) is 60.8 Å². The zero-order valence-electron chi connectivity index (χ0n) is 16.7. The molecule has 166 valence electrons. The lowest BCUT2D eigenvalue weighted by molar-refractivity contribution is -0.121. The summed E-state index contributed by atoms with van der Waals surface area (Å²) in [5, 5.41) is 13.6. The summed E-state index contributed by atoms with van der Waals surface area (Å²) >= 11 is 5.84. The van der Waals surface area contributed by atoms with Crippen molar-refractivity contribution in [3.8, 4) is 5.75 Å². The molecule has 0 saturated carbocycles. The van der Waals surface area contributed by atoms with E-state index in [0.29, 0.717) is 10.6 Å². The van der Waals surface area contributed by atoms with Crippen LogP contribution in [0.5, 0.6) is 5.75 Å². The van der Waals surface area contributed by atoms with Gasteiger partial charge in [0.1, 0.15) is 11.6 Å². The van der Waals surface area contributed by atoms with Crippen molar-refractivity contribution in [3.63, 3.8) is 0 Å². The number of phenolic OH excluding ortho intramolecular Hbond substituents is 1. The quantitative estimate of drug-likeness (QED) is 0.384. The minimum Gasteiger partial charge on any atom is -0.508 e. The van der Waals surface area contributed by atoms with Crippen LogP contribution in [0.15, 0.2) is 82.8 Å². The number of halogens is 2. The molecule has 0 radical (unpaired) electrons. The SMILES string of the molecule is O=C(CN(Cc1ccccc1F)S(=O)(=O)c1ccc(Cl)cc1)N/N=C\c1cccc(O)c1. The van der Waals surface area contributed by atoms with E-state index in [9.17, 15) is 22.7 Å². The predicted molar refractivity (Wildman–Crippen MR) is 119 cm³/mol. The Morgan fingerprint density at radius 2 is 1.81 bits per heavy atom. The van der Waals surface area contributed by atoms with Crippen molar-refractivity contribution in [2.75, 3.05) is 6.54 Å². The van der Waals surface area contributed by atoms with Gasteiger partial charge in [0.2, 0.25) is 10.0 Å². The van der Waals surface area contributed by atoms with Crippen LogP contribution in [0.25, 0.3) is 0 Å². The van der Waals surface area contributed by atoms with Crippen molar-refractivity contribution in [1.82, 2.24) is 9.73 Å². The molecule has 3 aromatic rings. The van der Waals surface area contributed by atoms with E-state index in [-0.39, 0.29) is 22.8 Å². The molecule has 10 heteroatoms. The fourth-order valence-electron chi connectivity index (χ4n) is 2.78. The second kappa shape index (κ2) is 10.4. The summed E-state index contributed by atoms with van der Waals surface area (Å²) in [6, 6.07) is 17.3. The molecular weight excluding hydrogens is 457 g/mol. The average molecular weight is 476 g/mol. The van der Waals surface area contributed by atoms with Crippen LogP contribution < -0.4 is 5.43 Å². The largest absolute Gasteiger partial charge is 0.508 e. The lowest BCUT2D eigenvalue weighted by Gasteiger charge is -2.21. The number of amides is 1. The standard InChI is InChI=1S/C22H19ClFN3O4S/c23-18-8-10-20(11-9-18)32(30,31)27(14-17-5-1-2-7-21(17)24)15-22(29)26-25-13-16-4-3-6-19(28)12-16/h1-13,28H,14-15H2,(H,26,29)/b25-13-. The molecule has 0 aliphatic carbocycles. The summed E-state index contributed by atoms with van der Waals surface area (Å²) in [7, 11) is -4.15. The molecular formula is C22H19ClFN3O4S. The molecule has 0 fully saturated rings. The lowest BCUT2D eigenvalue weighted by Crippen LogP contribution is -2.39. The molecule has 0 aliphatic rings. The van der Waals surface area contributed by atoms with E-state index in [4.69, 9.17) is 11.6 Å². The molecule has 0 spiro atoms. The molecule has 0 heterocycles. The zero-order valence-corrected chi connectivity index (χ0v) is 18.2. The monoisotopic (exact) mass is 475 g/mol. The number of aromatic hydroxyl groups is 1. The van der Waals surface area contributed by atoms with E-state index >= 15 is 0 Å². The van der Waals surface area contributed by atoms with Crippen LogP contribution in [0.1, 0.15) is 11.1 Å². The first-order valence-corrected chi connectivity index (χ1v) is 11.2. The maximum Gasteiger partial charge on any atom is 0.255 e. The van der Waals surface area contributed by atoms with Gasteiger partial charge in [0.05, 0.1) is 17.7 Å². The highest BCUT2D eigenvalue weighted by molar-refractivity contribution is 7.89. The average Bonchev–Trinajstić information content (AvgIpc) is 2.75. The Bertz CT molecular complexity index is 1230. The van der Waals surface area contributed by atoms with Crippen molar-refractivity contribution >= 4 is 33.7 Å². The Morgan fingerprint density at radius 1 is 1.09 bits per heavy atom. The summed E-state index contributed by atoms with van der Waals surface area (Å²) in [5.74, 6) is -1.29. The number of sulfonamides is 1. The van der Waals surface area contributed by atoms with Gasteiger partial charge in [0.25, 0.3) is 5.91 Å². The summed E-state index contributed by atoms with van der Waals surface area (Å²) in [5.41, 5.74) is 2.88. The second-order valence-electron chi connectivity index (χ2n) is 6.71. The summed E-state index contributed by atoms with van der Waals surface area (Å²) < 4.78 is 41.3.